The minimum Gasteiger partial charge on any atom is -0.544 e. The van der Waals surface area contributed by atoms with Gasteiger partial charge < -0.3 is 20.3 Å². The molecule has 2 aliphatic heterocycles. The van der Waals surface area contributed by atoms with Crippen LogP contribution in [0.25, 0.3) is 0 Å². The average Bonchev–Trinajstić information content (AvgIpc) is 3.14. The van der Waals surface area contributed by atoms with Crippen molar-refractivity contribution in [1.29, 1.82) is 0 Å². The van der Waals surface area contributed by atoms with Crippen molar-refractivity contribution in [2.45, 2.75) is 12.1 Å². The molecule has 3 N–H and O–H groups in total. The third-order valence-electron chi connectivity index (χ3n) is 5.17. The van der Waals surface area contributed by atoms with Gasteiger partial charge in [0.2, 0.25) is 11.8 Å². The first-order valence-electron chi connectivity index (χ1n) is 8.27. The van der Waals surface area contributed by atoms with Gasteiger partial charge in [0.05, 0.1) is 11.3 Å². The number of amides is 2. The van der Waals surface area contributed by atoms with Gasteiger partial charge in [0, 0.05) is 0 Å². The number of carbonyl (C=O) groups is 3. The van der Waals surface area contributed by atoms with Crippen molar-refractivity contribution in [1.82, 2.24) is 0 Å². The summed E-state index contributed by atoms with van der Waals surface area (Å²) >= 11 is 0. The van der Waals surface area contributed by atoms with Gasteiger partial charge in [-0.25, -0.2) is 4.90 Å². The van der Waals surface area contributed by atoms with Crippen LogP contribution in [0.1, 0.15) is 11.6 Å². The van der Waals surface area contributed by atoms with Crippen LogP contribution in [0.4, 0.5) is 5.69 Å². The molecule has 0 radical (unpaired) electrons. The summed E-state index contributed by atoms with van der Waals surface area (Å²) in [6, 6.07) is 13.0. The molecule has 0 aromatic heterocycles. The zero-order valence-corrected chi connectivity index (χ0v) is 13.6. The van der Waals surface area contributed by atoms with E-state index in [1.165, 1.54) is 11.4 Å². The molecule has 26 heavy (non-hydrogen) atoms. The molecular formula is C19H16N2O5. The van der Waals surface area contributed by atoms with Crippen molar-refractivity contribution in [3.8, 4) is 5.75 Å². The number of nitrogens with zero attached hydrogens (tertiary/aromatic N) is 1. The molecular weight excluding hydrogens is 336 g/mol. The molecule has 0 bridgehead atoms. The SMILES string of the molecule is O=C([O-])[C@H]1[NH2+][C@H](c2ccccc2O)[C@H]2C(=O)N(c3ccccc3)C(=O)[C@@H]21. The number of imide groups is 1. The Hall–Kier alpha value is -3.19. The maximum absolute atomic E-state index is 13.1. The highest BCUT2D eigenvalue weighted by atomic mass is 16.4. The molecule has 7 heteroatoms. The third kappa shape index (κ3) is 2.28. The molecule has 0 saturated carbocycles. The van der Waals surface area contributed by atoms with Gasteiger partial charge >= 0.3 is 0 Å². The fourth-order valence-electron chi connectivity index (χ4n) is 4.05. The first-order valence-corrected chi connectivity index (χ1v) is 8.27. The number of phenolic OH excluding ortho intramolecular Hbond substituents is 1. The second kappa shape index (κ2) is 5.96. The highest BCUT2D eigenvalue weighted by molar-refractivity contribution is 6.23. The number of phenols is 1. The number of aliphatic carboxylic acids is 1. The first kappa shape index (κ1) is 16.3. The summed E-state index contributed by atoms with van der Waals surface area (Å²) in [6.45, 7) is 0. The number of para-hydroxylation sites is 2. The summed E-state index contributed by atoms with van der Waals surface area (Å²) in [5, 5.41) is 23.2. The Bertz CT molecular complexity index is 898. The number of carboxylic acid groups (broad SMARTS) is 1. The quantitative estimate of drug-likeness (QED) is 0.683. The zero-order valence-electron chi connectivity index (χ0n) is 13.6. The molecule has 2 fully saturated rings. The Morgan fingerprint density at radius 2 is 1.58 bits per heavy atom. The van der Waals surface area contributed by atoms with Crippen LogP contribution in [0.3, 0.4) is 0 Å². The standard InChI is InChI=1S/C19H16N2O5/c22-12-9-5-4-8-11(12)15-13-14(16(20-15)19(25)26)18(24)21(17(13)23)10-6-2-1-3-7-10/h1-9,13-16,20,22H,(H,25,26)/t13-,14-,15+,16-/m0/s1. The fraction of sp³-hybridized carbons (Fsp3) is 0.211. The highest BCUT2D eigenvalue weighted by Crippen LogP contribution is 2.43. The largest absolute Gasteiger partial charge is 0.544 e. The van der Waals surface area contributed by atoms with Crippen LogP contribution in [-0.2, 0) is 14.4 Å². The summed E-state index contributed by atoms with van der Waals surface area (Å²) in [4.78, 5) is 38.6. The zero-order chi connectivity index (χ0) is 18.4. The number of hydrogen-bond donors (Lipinski definition) is 2. The lowest BCUT2D eigenvalue weighted by Gasteiger charge is -2.21. The first-order chi connectivity index (χ1) is 12.5. The van der Waals surface area contributed by atoms with Crippen LogP contribution in [-0.4, -0.2) is 28.9 Å². The molecule has 0 unspecified atom stereocenters. The van der Waals surface area contributed by atoms with E-state index in [2.05, 4.69) is 0 Å². The fourth-order valence-corrected chi connectivity index (χ4v) is 4.05. The Balaban J connectivity index is 1.80. The van der Waals surface area contributed by atoms with Gasteiger partial charge in [-0.2, -0.15) is 0 Å². The number of aromatic hydroxyl groups is 1. The average molecular weight is 352 g/mol. The van der Waals surface area contributed by atoms with Gasteiger partial charge in [-0.1, -0.05) is 30.3 Å². The normalized spacial score (nSPS) is 27.6. The van der Waals surface area contributed by atoms with Crippen molar-refractivity contribution in [3.05, 3.63) is 60.2 Å². The number of carboxylic acids is 1. The minimum atomic E-state index is -1.39. The lowest BCUT2D eigenvalue weighted by Crippen LogP contribution is -2.92. The maximum atomic E-state index is 13.1. The van der Waals surface area contributed by atoms with Crippen LogP contribution < -0.4 is 15.3 Å². The molecule has 2 amide bonds. The lowest BCUT2D eigenvalue weighted by molar-refractivity contribution is -0.705. The summed E-state index contributed by atoms with van der Waals surface area (Å²) in [5.74, 6) is -4.34. The van der Waals surface area contributed by atoms with E-state index in [4.69, 9.17) is 0 Å². The van der Waals surface area contributed by atoms with Gasteiger partial charge in [-0.15, -0.1) is 0 Å². The van der Waals surface area contributed by atoms with Gasteiger partial charge in [0.25, 0.3) is 0 Å². The molecule has 2 aliphatic rings. The van der Waals surface area contributed by atoms with Gasteiger partial charge in [-0.05, 0) is 24.3 Å². The lowest BCUT2D eigenvalue weighted by atomic mass is 9.86. The van der Waals surface area contributed by atoms with Crippen molar-refractivity contribution < 1.29 is 29.9 Å². The molecule has 2 saturated heterocycles. The van der Waals surface area contributed by atoms with E-state index in [9.17, 15) is 24.6 Å². The maximum Gasteiger partial charge on any atom is 0.244 e. The second-order valence-corrected chi connectivity index (χ2v) is 6.52. The monoisotopic (exact) mass is 352 g/mol. The summed E-state index contributed by atoms with van der Waals surface area (Å²) in [5.41, 5.74) is 0.840. The Morgan fingerprint density at radius 1 is 0.962 bits per heavy atom. The van der Waals surface area contributed by atoms with E-state index in [0.717, 1.165) is 4.90 Å². The predicted octanol–water partition coefficient (Wildman–Crippen LogP) is -1.07. The summed E-state index contributed by atoms with van der Waals surface area (Å²) in [6.07, 6.45) is 0. The van der Waals surface area contributed by atoms with Crippen LogP contribution in [0.5, 0.6) is 5.75 Å². The third-order valence-corrected chi connectivity index (χ3v) is 5.17. The minimum absolute atomic E-state index is 0.0371. The number of benzene rings is 2. The number of anilines is 1. The van der Waals surface area contributed by atoms with E-state index >= 15 is 0 Å². The van der Waals surface area contributed by atoms with Gasteiger partial charge in [0.15, 0.2) is 0 Å². The van der Waals surface area contributed by atoms with Gasteiger partial charge in [-0.3, -0.25) is 9.59 Å². The van der Waals surface area contributed by atoms with E-state index in [1.807, 2.05) is 0 Å². The molecule has 2 aromatic carbocycles. The van der Waals surface area contributed by atoms with Crippen molar-refractivity contribution >= 4 is 23.5 Å². The molecule has 7 nitrogen and oxygen atoms in total. The van der Waals surface area contributed by atoms with Crippen molar-refractivity contribution in [2.75, 3.05) is 4.90 Å². The number of quaternary nitrogens is 1. The molecule has 132 valence electrons. The molecule has 0 aliphatic carbocycles. The number of hydrogen-bond acceptors (Lipinski definition) is 5. The molecule has 4 rings (SSSR count). The van der Waals surface area contributed by atoms with E-state index in [0.29, 0.717) is 11.3 Å². The number of carbonyl (C=O) groups excluding carboxylic acids is 3. The van der Waals surface area contributed by atoms with E-state index < -0.39 is 41.7 Å². The van der Waals surface area contributed by atoms with Gasteiger partial charge in [0.1, 0.15) is 35.6 Å². The number of nitrogens with two attached hydrogens (primary N) is 1. The Morgan fingerprint density at radius 3 is 2.23 bits per heavy atom. The topological polar surface area (TPSA) is 114 Å². The number of fused-ring (bicyclic) bond motifs is 1. The van der Waals surface area contributed by atoms with Crippen LogP contribution in [0.2, 0.25) is 0 Å². The van der Waals surface area contributed by atoms with Crippen LogP contribution in [0.15, 0.2) is 54.6 Å². The Kier molecular flexibility index (Phi) is 3.73. The Labute approximate surface area is 148 Å². The number of rotatable bonds is 3. The molecule has 2 heterocycles. The molecule has 4 atom stereocenters. The van der Waals surface area contributed by atoms with Crippen molar-refractivity contribution in [2.24, 2.45) is 11.8 Å². The predicted molar refractivity (Wildman–Crippen MR) is 87.5 cm³/mol. The molecule has 0 spiro atoms. The van der Waals surface area contributed by atoms with Crippen LogP contribution in [0, 0.1) is 11.8 Å². The summed E-state index contributed by atoms with van der Waals surface area (Å²) < 4.78 is 0. The van der Waals surface area contributed by atoms with Crippen LogP contribution >= 0.6 is 0 Å². The second-order valence-electron chi connectivity index (χ2n) is 6.52. The van der Waals surface area contributed by atoms with E-state index in [1.54, 1.807) is 48.5 Å². The van der Waals surface area contributed by atoms with Crippen molar-refractivity contribution in [3.63, 3.8) is 0 Å². The molecule has 2 aromatic rings. The smallest absolute Gasteiger partial charge is 0.244 e. The van der Waals surface area contributed by atoms with E-state index in [-0.39, 0.29) is 5.75 Å². The summed E-state index contributed by atoms with van der Waals surface area (Å²) in [7, 11) is 0. The highest BCUT2D eigenvalue weighted by Gasteiger charge is 2.63.